The molecular formula is C25H28F3NO4. The molecule has 0 saturated carbocycles. The van der Waals surface area contributed by atoms with Gasteiger partial charge in [-0.1, -0.05) is 42.5 Å². The predicted octanol–water partition coefficient (Wildman–Crippen LogP) is 6.24. The molecule has 2 amide bonds. The lowest BCUT2D eigenvalue weighted by Crippen LogP contribution is -2.51. The molecule has 178 valence electrons. The number of hydrogen-bond donors (Lipinski definition) is 0. The van der Waals surface area contributed by atoms with Gasteiger partial charge in [-0.2, -0.15) is 13.2 Å². The predicted molar refractivity (Wildman–Crippen MR) is 116 cm³/mol. The zero-order valence-electron chi connectivity index (χ0n) is 19.1. The number of alkyl halides is 3. The van der Waals surface area contributed by atoms with Gasteiger partial charge in [0.1, 0.15) is 11.1 Å². The highest BCUT2D eigenvalue weighted by Gasteiger charge is 2.52. The van der Waals surface area contributed by atoms with E-state index in [0.717, 1.165) is 17.0 Å². The molecule has 0 N–H and O–H groups in total. The standard InChI is InChI=1S/C25H28F3NO4/c1-17(18-9-8-12-20(15-18)25(26,27)28)32-16-24(19-10-6-5-7-11-19)14-13-21(30)29(24)22(31)33-23(2,3)4/h5-12,15,17H,13-14,16H2,1-4H3/t17-,24-/m1/s1. The Morgan fingerprint density at radius 2 is 1.76 bits per heavy atom. The van der Waals surface area contributed by atoms with E-state index in [4.69, 9.17) is 9.47 Å². The fourth-order valence-corrected chi connectivity index (χ4v) is 3.93. The lowest BCUT2D eigenvalue weighted by molar-refractivity contribution is -0.138. The van der Waals surface area contributed by atoms with Crippen molar-refractivity contribution in [3.63, 3.8) is 0 Å². The van der Waals surface area contributed by atoms with Gasteiger partial charge in [0.15, 0.2) is 0 Å². The molecule has 0 unspecified atom stereocenters. The second kappa shape index (κ2) is 9.17. The smallest absolute Gasteiger partial charge is 0.417 e. The highest BCUT2D eigenvalue weighted by atomic mass is 19.4. The van der Waals surface area contributed by atoms with Gasteiger partial charge in [0.05, 0.1) is 18.3 Å². The minimum atomic E-state index is -4.47. The highest BCUT2D eigenvalue weighted by molar-refractivity contribution is 5.95. The number of likely N-dealkylation sites (tertiary alicyclic amines) is 1. The Kier molecular flexibility index (Phi) is 6.88. The number of hydrogen-bond acceptors (Lipinski definition) is 4. The Morgan fingerprint density at radius 3 is 2.36 bits per heavy atom. The molecule has 2 aromatic carbocycles. The monoisotopic (exact) mass is 463 g/mol. The van der Waals surface area contributed by atoms with Crippen LogP contribution < -0.4 is 0 Å². The molecule has 1 saturated heterocycles. The van der Waals surface area contributed by atoms with E-state index in [2.05, 4.69) is 0 Å². The van der Waals surface area contributed by atoms with Crippen molar-refractivity contribution in [2.45, 2.75) is 64.0 Å². The molecule has 1 heterocycles. The van der Waals surface area contributed by atoms with Crippen LogP contribution in [0.3, 0.4) is 0 Å². The van der Waals surface area contributed by atoms with Crippen molar-refractivity contribution in [1.82, 2.24) is 4.90 Å². The second-order valence-corrected chi connectivity index (χ2v) is 9.18. The van der Waals surface area contributed by atoms with Crippen LogP contribution in [0.25, 0.3) is 0 Å². The van der Waals surface area contributed by atoms with E-state index in [0.29, 0.717) is 17.5 Å². The SMILES string of the molecule is C[C@@H](OC[C@@]1(c2ccccc2)CCC(=O)N1C(=O)OC(C)(C)C)c1cccc(C(F)(F)F)c1. The average Bonchev–Trinajstić information content (AvgIpc) is 3.08. The van der Waals surface area contributed by atoms with Crippen LogP contribution in [0.4, 0.5) is 18.0 Å². The summed E-state index contributed by atoms with van der Waals surface area (Å²) in [7, 11) is 0. The Hall–Kier alpha value is -2.87. The average molecular weight is 463 g/mol. The van der Waals surface area contributed by atoms with Gasteiger partial charge in [-0.15, -0.1) is 0 Å². The Balaban J connectivity index is 1.92. The highest BCUT2D eigenvalue weighted by Crippen LogP contribution is 2.42. The molecule has 0 spiro atoms. The van der Waals surface area contributed by atoms with Crippen molar-refractivity contribution < 1.29 is 32.2 Å². The van der Waals surface area contributed by atoms with Crippen molar-refractivity contribution in [3.05, 3.63) is 71.3 Å². The van der Waals surface area contributed by atoms with Crippen molar-refractivity contribution in [2.24, 2.45) is 0 Å². The van der Waals surface area contributed by atoms with Crippen LogP contribution in [0.2, 0.25) is 0 Å². The van der Waals surface area contributed by atoms with Gasteiger partial charge in [0.2, 0.25) is 5.91 Å². The summed E-state index contributed by atoms with van der Waals surface area (Å²) in [5.74, 6) is -0.386. The van der Waals surface area contributed by atoms with Gasteiger partial charge < -0.3 is 9.47 Å². The maximum absolute atomic E-state index is 13.1. The Bertz CT molecular complexity index is 1000. The molecule has 0 radical (unpaired) electrons. The number of amides is 2. The van der Waals surface area contributed by atoms with E-state index in [1.54, 1.807) is 58.0 Å². The van der Waals surface area contributed by atoms with Crippen molar-refractivity contribution in [3.8, 4) is 0 Å². The minimum Gasteiger partial charge on any atom is -0.443 e. The summed E-state index contributed by atoms with van der Waals surface area (Å²) < 4.78 is 50.9. The maximum atomic E-state index is 13.1. The Morgan fingerprint density at radius 1 is 1.09 bits per heavy atom. The van der Waals surface area contributed by atoms with Crippen molar-refractivity contribution >= 4 is 12.0 Å². The first-order valence-corrected chi connectivity index (χ1v) is 10.7. The van der Waals surface area contributed by atoms with Crippen LogP contribution in [0, 0.1) is 0 Å². The third kappa shape index (κ3) is 5.55. The van der Waals surface area contributed by atoms with E-state index in [1.165, 1.54) is 6.07 Å². The molecule has 2 atom stereocenters. The van der Waals surface area contributed by atoms with Gasteiger partial charge in [0, 0.05) is 6.42 Å². The molecule has 2 aromatic rings. The molecule has 1 fully saturated rings. The van der Waals surface area contributed by atoms with Crippen LogP contribution in [0.1, 0.15) is 63.3 Å². The van der Waals surface area contributed by atoms with E-state index in [9.17, 15) is 22.8 Å². The second-order valence-electron chi connectivity index (χ2n) is 9.18. The van der Waals surface area contributed by atoms with Gasteiger partial charge in [-0.25, -0.2) is 9.69 Å². The maximum Gasteiger partial charge on any atom is 0.417 e. The fourth-order valence-electron chi connectivity index (χ4n) is 3.93. The first-order chi connectivity index (χ1) is 15.3. The number of imide groups is 1. The van der Waals surface area contributed by atoms with Gasteiger partial charge >= 0.3 is 12.3 Å². The molecule has 1 aliphatic rings. The summed E-state index contributed by atoms with van der Waals surface area (Å²) >= 11 is 0. The summed E-state index contributed by atoms with van der Waals surface area (Å²) in [6, 6.07) is 13.9. The molecule has 3 rings (SSSR count). The van der Waals surface area contributed by atoms with Crippen LogP contribution in [-0.2, 0) is 26.0 Å². The Labute approximate surface area is 191 Å². The third-order valence-corrected chi connectivity index (χ3v) is 5.57. The summed E-state index contributed by atoms with van der Waals surface area (Å²) in [4.78, 5) is 26.9. The lowest BCUT2D eigenvalue weighted by atomic mass is 9.88. The lowest BCUT2D eigenvalue weighted by Gasteiger charge is -2.38. The van der Waals surface area contributed by atoms with Crippen LogP contribution in [-0.4, -0.2) is 29.1 Å². The minimum absolute atomic E-state index is 0.0839. The summed E-state index contributed by atoms with van der Waals surface area (Å²) in [6.07, 6.45) is -5.51. The van der Waals surface area contributed by atoms with E-state index in [1.807, 2.05) is 6.07 Å². The number of ether oxygens (including phenoxy) is 2. The van der Waals surface area contributed by atoms with Crippen LogP contribution >= 0.6 is 0 Å². The van der Waals surface area contributed by atoms with Gasteiger partial charge in [-0.3, -0.25) is 4.79 Å². The first-order valence-electron chi connectivity index (χ1n) is 10.7. The van der Waals surface area contributed by atoms with Gasteiger partial charge in [-0.05, 0) is 57.4 Å². The topological polar surface area (TPSA) is 55.8 Å². The number of halogens is 3. The number of nitrogens with zero attached hydrogens (tertiary/aromatic N) is 1. The molecular weight excluding hydrogens is 435 g/mol. The van der Waals surface area contributed by atoms with Crippen LogP contribution in [0.15, 0.2) is 54.6 Å². The molecule has 0 aliphatic carbocycles. The molecule has 0 aromatic heterocycles. The van der Waals surface area contributed by atoms with E-state index < -0.39 is 35.1 Å². The zero-order chi connectivity index (χ0) is 24.4. The van der Waals surface area contributed by atoms with E-state index >= 15 is 0 Å². The number of carbonyl (C=O) groups excluding carboxylic acids is 2. The van der Waals surface area contributed by atoms with Gasteiger partial charge in [0.25, 0.3) is 0 Å². The number of benzene rings is 2. The molecule has 33 heavy (non-hydrogen) atoms. The molecule has 5 nitrogen and oxygen atoms in total. The largest absolute Gasteiger partial charge is 0.443 e. The normalized spacial score (nSPS) is 20.1. The van der Waals surface area contributed by atoms with Crippen molar-refractivity contribution in [2.75, 3.05) is 6.61 Å². The summed E-state index contributed by atoms with van der Waals surface area (Å²) in [6.45, 7) is 6.69. The summed E-state index contributed by atoms with van der Waals surface area (Å²) in [5.41, 5.74) is -1.66. The summed E-state index contributed by atoms with van der Waals surface area (Å²) in [5, 5.41) is 0. The molecule has 8 heteroatoms. The zero-order valence-corrected chi connectivity index (χ0v) is 19.1. The number of rotatable bonds is 5. The van der Waals surface area contributed by atoms with E-state index in [-0.39, 0.29) is 18.9 Å². The molecule has 1 aliphatic heterocycles. The van der Waals surface area contributed by atoms with Crippen molar-refractivity contribution in [1.29, 1.82) is 0 Å². The quantitative estimate of drug-likeness (QED) is 0.527. The van der Waals surface area contributed by atoms with Crippen LogP contribution in [0.5, 0.6) is 0 Å². The number of carbonyl (C=O) groups is 2. The first kappa shape index (κ1) is 24.8. The fraction of sp³-hybridized carbons (Fsp3) is 0.440. The third-order valence-electron chi connectivity index (χ3n) is 5.57. The molecule has 0 bridgehead atoms.